The zero-order valence-corrected chi connectivity index (χ0v) is 6.53. The van der Waals surface area contributed by atoms with Gasteiger partial charge in [0.2, 0.25) is 12.5 Å². The van der Waals surface area contributed by atoms with Gasteiger partial charge in [-0.25, -0.2) is 0 Å². The summed E-state index contributed by atoms with van der Waals surface area (Å²) < 4.78 is 15.0. The van der Waals surface area contributed by atoms with E-state index >= 15 is 0 Å². The maximum Gasteiger partial charge on any atom is 0.231 e. The molecule has 2 rings (SSSR count). The van der Waals surface area contributed by atoms with Crippen LogP contribution in [0.3, 0.4) is 0 Å². The van der Waals surface area contributed by atoms with Gasteiger partial charge >= 0.3 is 0 Å². The minimum absolute atomic E-state index is 0.0434. The molecule has 0 amide bonds. The lowest BCUT2D eigenvalue weighted by Crippen LogP contribution is -1.93. The van der Waals surface area contributed by atoms with Crippen molar-refractivity contribution in [3.8, 4) is 23.0 Å². The third-order valence-corrected chi connectivity index (χ3v) is 1.66. The zero-order valence-electron chi connectivity index (χ0n) is 6.53. The molecule has 0 atom stereocenters. The molecule has 0 unspecified atom stereocenters. The lowest BCUT2D eigenvalue weighted by atomic mass is 10.3. The summed E-state index contributed by atoms with van der Waals surface area (Å²) in [6, 6.07) is 3.15. The van der Waals surface area contributed by atoms with Crippen molar-refractivity contribution in [2.45, 2.75) is 0 Å². The standard InChI is InChI=1S/C8H8O4/c1-10-5-2-6(9)8-7(3-5)11-4-12-8/h2-3,9H,4H2,1H3. The molecule has 0 saturated heterocycles. The van der Waals surface area contributed by atoms with E-state index in [0.29, 0.717) is 17.2 Å². The fraction of sp³-hybridized carbons (Fsp3) is 0.250. The van der Waals surface area contributed by atoms with Crippen molar-refractivity contribution in [3.05, 3.63) is 12.1 Å². The quantitative estimate of drug-likeness (QED) is 0.682. The van der Waals surface area contributed by atoms with Crippen molar-refractivity contribution in [1.29, 1.82) is 0 Å². The number of phenols is 1. The molecule has 1 aliphatic rings. The molecule has 1 aromatic carbocycles. The lowest BCUT2D eigenvalue weighted by Gasteiger charge is -2.02. The minimum Gasteiger partial charge on any atom is -0.504 e. The van der Waals surface area contributed by atoms with Gasteiger partial charge in [0.1, 0.15) is 5.75 Å². The molecule has 4 nitrogen and oxygen atoms in total. The van der Waals surface area contributed by atoms with Crippen LogP contribution in [0.1, 0.15) is 0 Å². The van der Waals surface area contributed by atoms with Gasteiger partial charge in [-0.2, -0.15) is 0 Å². The van der Waals surface area contributed by atoms with Crippen LogP contribution >= 0.6 is 0 Å². The number of hydrogen-bond acceptors (Lipinski definition) is 4. The fourth-order valence-corrected chi connectivity index (χ4v) is 1.08. The Kier molecular flexibility index (Phi) is 1.46. The second-order valence-corrected chi connectivity index (χ2v) is 2.38. The van der Waals surface area contributed by atoms with Crippen LogP contribution < -0.4 is 14.2 Å². The topological polar surface area (TPSA) is 47.9 Å². The van der Waals surface area contributed by atoms with E-state index in [1.165, 1.54) is 13.2 Å². The van der Waals surface area contributed by atoms with E-state index in [1.54, 1.807) is 6.07 Å². The van der Waals surface area contributed by atoms with Crippen molar-refractivity contribution in [2.24, 2.45) is 0 Å². The molecule has 1 aliphatic heterocycles. The highest BCUT2D eigenvalue weighted by atomic mass is 16.7. The van der Waals surface area contributed by atoms with Gasteiger partial charge in [0.25, 0.3) is 0 Å². The highest BCUT2D eigenvalue weighted by Gasteiger charge is 2.18. The lowest BCUT2D eigenvalue weighted by molar-refractivity contribution is 0.171. The van der Waals surface area contributed by atoms with Gasteiger partial charge in [-0.1, -0.05) is 0 Å². The van der Waals surface area contributed by atoms with Crippen LogP contribution in [0.5, 0.6) is 23.0 Å². The maximum absolute atomic E-state index is 9.36. The second kappa shape index (κ2) is 2.48. The molecule has 0 spiro atoms. The highest BCUT2D eigenvalue weighted by Crippen LogP contribution is 2.43. The summed E-state index contributed by atoms with van der Waals surface area (Å²) >= 11 is 0. The van der Waals surface area contributed by atoms with E-state index in [1.807, 2.05) is 0 Å². The highest BCUT2D eigenvalue weighted by molar-refractivity contribution is 5.56. The van der Waals surface area contributed by atoms with Gasteiger partial charge in [0, 0.05) is 12.1 Å². The first-order valence-corrected chi connectivity index (χ1v) is 3.48. The summed E-state index contributed by atoms with van der Waals surface area (Å²) in [6.45, 7) is 0.149. The Morgan fingerprint density at radius 2 is 2.25 bits per heavy atom. The van der Waals surface area contributed by atoms with E-state index in [4.69, 9.17) is 14.2 Å². The maximum atomic E-state index is 9.36. The van der Waals surface area contributed by atoms with Crippen LogP contribution in [-0.2, 0) is 0 Å². The number of ether oxygens (including phenoxy) is 3. The molecule has 1 aromatic rings. The molecule has 0 fully saturated rings. The first-order chi connectivity index (χ1) is 5.81. The number of fused-ring (bicyclic) bond motifs is 1. The Morgan fingerprint density at radius 1 is 1.42 bits per heavy atom. The molecule has 1 heterocycles. The van der Waals surface area contributed by atoms with Crippen molar-refractivity contribution in [3.63, 3.8) is 0 Å². The van der Waals surface area contributed by atoms with E-state index in [0.717, 1.165) is 0 Å². The van der Waals surface area contributed by atoms with Crippen LogP contribution in [0.15, 0.2) is 12.1 Å². The molecule has 1 N–H and O–H groups in total. The van der Waals surface area contributed by atoms with Crippen molar-refractivity contribution < 1.29 is 19.3 Å². The predicted molar refractivity (Wildman–Crippen MR) is 40.8 cm³/mol. The Hall–Kier alpha value is -1.58. The molecule has 0 saturated carbocycles. The van der Waals surface area contributed by atoms with E-state index < -0.39 is 0 Å². The smallest absolute Gasteiger partial charge is 0.231 e. The number of phenolic OH excluding ortho intramolecular Hbond substituents is 1. The average Bonchev–Trinajstić information content (AvgIpc) is 2.52. The third kappa shape index (κ3) is 0.922. The first kappa shape index (κ1) is 7.09. The SMILES string of the molecule is COc1cc(O)c2c(c1)OCO2. The second-order valence-electron chi connectivity index (χ2n) is 2.38. The first-order valence-electron chi connectivity index (χ1n) is 3.48. The molecular weight excluding hydrogens is 160 g/mol. The number of aromatic hydroxyl groups is 1. The van der Waals surface area contributed by atoms with Crippen LogP contribution in [-0.4, -0.2) is 19.0 Å². The molecule has 4 heteroatoms. The molecule has 64 valence electrons. The summed E-state index contributed by atoms with van der Waals surface area (Å²) in [5.74, 6) is 1.50. The Morgan fingerprint density at radius 3 is 3.00 bits per heavy atom. The van der Waals surface area contributed by atoms with Gasteiger partial charge in [-0.05, 0) is 0 Å². The number of methoxy groups -OCH3 is 1. The molecule has 0 aromatic heterocycles. The van der Waals surface area contributed by atoms with Crippen LogP contribution in [0, 0.1) is 0 Å². The average molecular weight is 168 g/mol. The number of hydrogen-bond donors (Lipinski definition) is 1. The molecule has 12 heavy (non-hydrogen) atoms. The Bertz CT molecular complexity index is 308. The van der Waals surface area contributed by atoms with Crippen LogP contribution in [0.2, 0.25) is 0 Å². The van der Waals surface area contributed by atoms with Crippen LogP contribution in [0.25, 0.3) is 0 Å². The van der Waals surface area contributed by atoms with E-state index in [-0.39, 0.29) is 12.5 Å². The summed E-state index contributed by atoms with van der Waals surface area (Å²) in [6.07, 6.45) is 0. The van der Waals surface area contributed by atoms with Crippen molar-refractivity contribution in [2.75, 3.05) is 13.9 Å². The monoisotopic (exact) mass is 168 g/mol. The Labute approximate surface area is 69.3 Å². The largest absolute Gasteiger partial charge is 0.504 e. The summed E-state index contributed by atoms with van der Waals surface area (Å²) in [5.41, 5.74) is 0. The van der Waals surface area contributed by atoms with Gasteiger partial charge in [0.15, 0.2) is 11.5 Å². The molecule has 0 aliphatic carbocycles. The number of rotatable bonds is 1. The molecule has 0 radical (unpaired) electrons. The number of benzene rings is 1. The normalized spacial score (nSPS) is 13.1. The minimum atomic E-state index is 0.0434. The summed E-state index contributed by atoms with van der Waals surface area (Å²) in [7, 11) is 1.52. The van der Waals surface area contributed by atoms with E-state index in [9.17, 15) is 5.11 Å². The van der Waals surface area contributed by atoms with Crippen LogP contribution in [0.4, 0.5) is 0 Å². The summed E-state index contributed by atoms with van der Waals surface area (Å²) in [5, 5.41) is 9.36. The molecular formula is C8H8O4. The summed E-state index contributed by atoms with van der Waals surface area (Å²) in [4.78, 5) is 0. The van der Waals surface area contributed by atoms with Gasteiger partial charge < -0.3 is 19.3 Å². The Balaban J connectivity index is 2.51. The van der Waals surface area contributed by atoms with Crippen molar-refractivity contribution in [1.82, 2.24) is 0 Å². The van der Waals surface area contributed by atoms with Gasteiger partial charge in [-0.15, -0.1) is 0 Å². The van der Waals surface area contributed by atoms with E-state index in [2.05, 4.69) is 0 Å². The third-order valence-electron chi connectivity index (χ3n) is 1.66. The van der Waals surface area contributed by atoms with Gasteiger partial charge in [-0.3, -0.25) is 0 Å². The molecule has 0 bridgehead atoms. The fourth-order valence-electron chi connectivity index (χ4n) is 1.08. The van der Waals surface area contributed by atoms with Gasteiger partial charge in [0.05, 0.1) is 7.11 Å². The zero-order chi connectivity index (χ0) is 8.55. The van der Waals surface area contributed by atoms with Crippen molar-refractivity contribution >= 4 is 0 Å². The predicted octanol–water partition coefficient (Wildman–Crippen LogP) is 1.13.